The molecular weight excluding hydrogens is 346 g/mol. The van der Waals surface area contributed by atoms with Crippen LogP contribution in [0, 0.1) is 11.3 Å². The van der Waals surface area contributed by atoms with Gasteiger partial charge in [-0.2, -0.15) is 0 Å². The van der Waals surface area contributed by atoms with Crippen LogP contribution in [0.2, 0.25) is 0 Å². The Morgan fingerprint density at radius 2 is 1.71 bits per heavy atom. The Hall–Kier alpha value is -1.55. The first kappa shape index (κ1) is 19.8. The molecule has 4 rings (SSSR count). The molecule has 1 spiro atoms. The fourth-order valence-corrected chi connectivity index (χ4v) is 5.80. The molecule has 0 atom stereocenters. The Morgan fingerprint density at radius 3 is 2.32 bits per heavy atom. The van der Waals surface area contributed by atoms with Crippen LogP contribution in [0.3, 0.4) is 0 Å². The first-order chi connectivity index (χ1) is 13.5. The molecule has 1 saturated carbocycles. The number of para-hydroxylation sites is 1. The molecule has 1 amide bonds. The summed E-state index contributed by atoms with van der Waals surface area (Å²) in [4.78, 5) is 17.8. The van der Waals surface area contributed by atoms with Gasteiger partial charge < -0.3 is 15.1 Å². The molecule has 1 N–H and O–H groups in total. The number of piperidine rings is 1. The summed E-state index contributed by atoms with van der Waals surface area (Å²) in [6.45, 7) is 9.95. The summed E-state index contributed by atoms with van der Waals surface area (Å²) >= 11 is 0. The lowest BCUT2D eigenvalue weighted by Crippen LogP contribution is -2.58. The van der Waals surface area contributed by atoms with E-state index in [0.717, 1.165) is 43.6 Å². The van der Waals surface area contributed by atoms with Gasteiger partial charge in [-0.05, 0) is 62.0 Å². The highest BCUT2D eigenvalue weighted by atomic mass is 16.2. The third kappa shape index (κ3) is 3.45. The smallest absolute Gasteiger partial charge is 0.247 e. The van der Waals surface area contributed by atoms with Crippen molar-refractivity contribution in [2.75, 3.05) is 24.7 Å². The summed E-state index contributed by atoms with van der Waals surface area (Å²) < 4.78 is 0. The molecule has 3 fully saturated rings. The van der Waals surface area contributed by atoms with Gasteiger partial charge in [-0.3, -0.25) is 4.79 Å². The van der Waals surface area contributed by atoms with Crippen LogP contribution in [-0.4, -0.2) is 42.1 Å². The van der Waals surface area contributed by atoms with Crippen molar-refractivity contribution in [3.05, 3.63) is 30.3 Å². The van der Waals surface area contributed by atoms with Crippen molar-refractivity contribution in [3.8, 4) is 0 Å². The van der Waals surface area contributed by atoms with E-state index < -0.39 is 0 Å². The number of likely N-dealkylation sites (tertiary alicyclic amines) is 1. The molecule has 2 saturated heterocycles. The first-order valence-corrected chi connectivity index (χ1v) is 11.3. The number of hydrogen-bond acceptors (Lipinski definition) is 3. The van der Waals surface area contributed by atoms with Gasteiger partial charge >= 0.3 is 0 Å². The fourth-order valence-electron chi connectivity index (χ4n) is 5.80. The number of nitrogens with one attached hydrogen (secondary N) is 1. The molecule has 4 heteroatoms. The third-order valence-corrected chi connectivity index (χ3v) is 8.26. The van der Waals surface area contributed by atoms with Crippen molar-refractivity contribution < 1.29 is 4.79 Å². The number of anilines is 1. The van der Waals surface area contributed by atoms with Crippen LogP contribution in [-0.2, 0) is 4.79 Å². The number of carbonyl (C=O) groups is 1. The molecule has 0 aromatic heterocycles. The number of hydrogen-bond donors (Lipinski definition) is 1. The SMILES string of the molecule is CCC(C)(C)[C@H]1CC[C@@H](N2CCC3(CC2)C(=O)NCN3c2ccccc2)CC1. The number of carbonyl (C=O) groups excluding carboxylic acids is 1. The van der Waals surface area contributed by atoms with Crippen LogP contribution in [0.5, 0.6) is 0 Å². The Bertz CT molecular complexity index is 670. The van der Waals surface area contributed by atoms with Gasteiger partial charge in [-0.25, -0.2) is 0 Å². The highest BCUT2D eigenvalue weighted by molar-refractivity contribution is 5.93. The topological polar surface area (TPSA) is 35.6 Å². The van der Waals surface area contributed by atoms with Crippen LogP contribution in [0.15, 0.2) is 30.3 Å². The van der Waals surface area contributed by atoms with Crippen molar-refractivity contribution in [2.45, 2.75) is 77.3 Å². The Kier molecular flexibility index (Phi) is 5.43. The Labute approximate surface area is 170 Å². The van der Waals surface area contributed by atoms with E-state index in [0.29, 0.717) is 12.1 Å². The summed E-state index contributed by atoms with van der Waals surface area (Å²) in [5, 5.41) is 3.12. The van der Waals surface area contributed by atoms with E-state index in [-0.39, 0.29) is 11.4 Å². The molecule has 0 unspecified atom stereocenters. The van der Waals surface area contributed by atoms with Gasteiger partial charge in [0, 0.05) is 24.8 Å². The minimum absolute atomic E-state index is 0.226. The number of rotatable bonds is 4. The number of nitrogens with zero attached hydrogens (tertiary/aromatic N) is 2. The maximum absolute atomic E-state index is 12.8. The summed E-state index contributed by atoms with van der Waals surface area (Å²) in [6.07, 6.45) is 8.54. The molecule has 3 aliphatic rings. The predicted molar refractivity (Wildman–Crippen MR) is 115 cm³/mol. The number of amides is 1. The van der Waals surface area contributed by atoms with Crippen molar-refractivity contribution in [1.82, 2.24) is 10.2 Å². The average Bonchev–Trinajstić information content (AvgIpc) is 3.05. The summed E-state index contributed by atoms with van der Waals surface area (Å²) in [7, 11) is 0. The van der Waals surface area contributed by atoms with E-state index in [1.807, 2.05) is 6.07 Å². The van der Waals surface area contributed by atoms with Crippen LogP contribution in [0.4, 0.5) is 5.69 Å². The van der Waals surface area contributed by atoms with E-state index in [4.69, 9.17) is 0 Å². The fraction of sp³-hybridized carbons (Fsp3) is 0.708. The third-order valence-electron chi connectivity index (χ3n) is 8.26. The zero-order valence-electron chi connectivity index (χ0n) is 17.9. The Balaban J connectivity index is 1.39. The largest absolute Gasteiger partial charge is 0.339 e. The quantitative estimate of drug-likeness (QED) is 0.836. The zero-order valence-corrected chi connectivity index (χ0v) is 17.9. The van der Waals surface area contributed by atoms with Crippen molar-refractivity contribution in [3.63, 3.8) is 0 Å². The zero-order chi connectivity index (χ0) is 19.8. The molecule has 4 nitrogen and oxygen atoms in total. The van der Waals surface area contributed by atoms with Crippen LogP contribution in [0.25, 0.3) is 0 Å². The minimum Gasteiger partial charge on any atom is -0.339 e. The molecular formula is C24H37N3O. The van der Waals surface area contributed by atoms with Crippen molar-refractivity contribution >= 4 is 11.6 Å². The molecule has 1 aliphatic carbocycles. The monoisotopic (exact) mass is 383 g/mol. The lowest BCUT2D eigenvalue weighted by atomic mass is 9.68. The maximum Gasteiger partial charge on any atom is 0.247 e. The molecule has 1 aromatic carbocycles. The van der Waals surface area contributed by atoms with Gasteiger partial charge in [0.25, 0.3) is 0 Å². The van der Waals surface area contributed by atoms with Gasteiger partial charge in [0.1, 0.15) is 5.54 Å². The first-order valence-electron chi connectivity index (χ1n) is 11.3. The second-order valence-corrected chi connectivity index (χ2v) is 9.84. The highest BCUT2D eigenvalue weighted by Gasteiger charge is 2.51. The number of benzene rings is 1. The van der Waals surface area contributed by atoms with Crippen molar-refractivity contribution in [1.29, 1.82) is 0 Å². The molecule has 2 heterocycles. The minimum atomic E-state index is -0.348. The molecule has 0 bridgehead atoms. The standard InChI is InChI=1S/C24H37N3O/c1-4-23(2,3)19-10-12-20(13-11-19)26-16-14-24(15-17-26)22(28)25-18-27(24)21-8-6-5-7-9-21/h5-9,19-20H,4,10-18H2,1-3H3,(H,25,28)/t19-,20+. The second-order valence-electron chi connectivity index (χ2n) is 9.84. The van der Waals surface area contributed by atoms with E-state index in [9.17, 15) is 4.79 Å². The molecule has 2 aliphatic heterocycles. The second kappa shape index (κ2) is 7.70. The van der Waals surface area contributed by atoms with Gasteiger partial charge in [-0.1, -0.05) is 45.4 Å². The molecule has 0 radical (unpaired) electrons. The molecule has 28 heavy (non-hydrogen) atoms. The van der Waals surface area contributed by atoms with Gasteiger partial charge in [0.05, 0.1) is 6.67 Å². The lowest BCUT2D eigenvalue weighted by molar-refractivity contribution is -0.125. The molecule has 1 aromatic rings. The summed E-state index contributed by atoms with van der Waals surface area (Å²) in [5.41, 5.74) is 1.30. The van der Waals surface area contributed by atoms with Crippen LogP contribution < -0.4 is 10.2 Å². The van der Waals surface area contributed by atoms with E-state index in [2.05, 4.69) is 60.2 Å². The average molecular weight is 384 g/mol. The lowest BCUT2D eigenvalue weighted by Gasteiger charge is -2.48. The van der Waals surface area contributed by atoms with Gasteiger partial charge in [0.15, 0.2) is 0 Å². The van der Waals surface area contributed by atoms with Crippen molar-refractivity contribution in [2.24, 2.45) is 11.3 Å². The van der Waals surface area contributed by atoms with Gasteiger partial charge in [0.2, 0.25) is 5.91 Å². The molecule has 154 valence electrons. The predicted octanol–water partition coefficient (Wildman–Crippen LogP) is 4.41. The highest BCUT2D eigenvalue weighted by Crippen LogP contribution is 2.43. The van der Waals surface area contributed by atoms with Gasteiger partial charge in [-0.15, -0.1) is 0 Å². The Morgan fingerprint density at radius 1 is 1.07 bits per heavy atom. The maximum atomic E-state index is 12.8. The normalized spacial score (nSPS) is 28.5. The summed E-state index contributed by atoms with van der Waals surface area (Å²) in [6, 6.07) is 11.2. The van der Waals surface area contributed by atoms with E-state index in [1.165, 1.54) is 32.1 Å². The van der Waals surface area contributed by atoms with Crippen LogP contribution >= 0.6 is 0 Å². The van der Waals surface area contributed by atoms with Crippen LogP contribution in [0.1, 0.15) is 65.7 Å². The van der Waals surface area contributed by atoms with E-state index in [1.54, 1.807) is 0 Å². The van der Waals surface area contributed by atoms with E-state index >= 15 is 0 Å². The summed E-state index contributed by atoms with van der Waals surface area (Å²) in [5.74, 6) is 1.10.